The number of imidazole rings is 1. The van der Waals surface area contributed by atoms with Gasteiger partial charge in [0.1, 0.15) is 5.82 Å². The minimum absolute atomic E-state index is 0.409. The van der Waals surface area contributed by atoms with Crippen LogP contribution in [0.3, 0.4) is 0 Å². The average Bonchev–Trinajstić information content (AvgIpc) is 2.89. The van der Waals surface area contributed by atoms with Crippen molar-refractivity contribution in [1.29, 1.82) is 0 Å². The zero-order valence-corrected chi connectivity index (χ0v) is 11.9. The van der Waals surface area contributed by atoms with Crippen molar-refractivity contribution in [2.75, 3.05) is 5.73 Å². The van der Waals surface area contributed by atoms with Gasteiger partial charge in [0.05, 0.1) is 18.2 Å². The van der Waals surface area contributed by atoms with Gasteiger partial charge in [-0.2, -0.15) is 0 Å². The molecule has 2 heterocycles. The monoisotopic (exact) mass is 258 g/mol. The molecule has 102 valence electrons. The maximum absolute atomic E-state index is 5.97. The second-order valence-corrected chi connectivity index (χ2v) is 4.94. The van der Waals surface area contributed by atoms with E-state index >= 15 is 0 Å². The molecule has 0 amide bonds. The van der Waals surface area contributed by atoms with Crippen LogP contribution in [0.25, 0.3) is 11.3 Å². The molecule has 0 aliphatic heterocycles. The Morgan fingerprint density at radius 3 is 2.68 bits per heavy atom. The Kier molecular flexibility index (Phi) is 4.20. The van der Waals surface area contributed by atoms with Gasteiger partial charge in [-0.05, 0) is 25.0 Å². The molecule has 2 rings (SSSR count). The van der Waals surface area contributed by atoms with Gasteiger partial charge in [-0.3, -0.25) is 0 Å². The van der Waals surface area contributed by atoms with E-state index in [-0.39, 0.29) is 0 Å². The van der Waals surface area contributed by atoms with Crippen LogP contribution in [0.2, 0.25) is 0 Å². The molecule has 19 heavy (non-hydrogen) atoms. The first-order valence-corrected chi connectivity index (χ1v) is 6.91. The van der Waals surface area contributed by atoms with Crippen LogP contribution in [0.15, 0.2) is 30.9 Å². The van der Waals surface area contributed by atoms with Crippen molar-refractivity contribution in [2.24, 2.45) is 5.92 Å². The number of anilines is 1. The van der Waals surface area contributed by atoms with E-state index in [4.69, 9.17) is 5.73 Å². The normalized spacial score (nSPS) is 12.8. The van der Waals surface area contributed by atoms with Crippen LogP contribution in [0.4, 0.5) is 5.82 Å². The Morgan fingerprint density at radius 1 is 1.32 bits per heavy atom. The fourth-order valence-electron chi connectivity index (χ4n) is 2.67. The van der Waals surface area contributed by atoms with Crippen molar-refractivity contribution in [1.82, 2.24) is 14.5 Å². The Bertz CT molecular complexity index is 528. The second kappa shape index (κ2) is 5.87. The predicted molar refractivity (Wildman–Crippen MR) is 78.7 cm³/mol. The third-order valence-electron chi connectivity index (χ3n) is 3.95. The fourth-order valence-corrected chi connectivity index (χ4v) is 2.67. The Hall–Kier alpha value is -1.84. The van der Waals surface area contributed by atoms with Gasteiger partial charge in [0.2, 0.25) is 0 Å². The van der Waals surface area contributed by atoms with E-state index in [1.165, 1.54) is 0 Å². The number of rotatable bonds is 5. The number of nitrogens with two attached hydrogens (primary N) is 1. The largest absolute Gasteiger partial charge is 0.383 e. The first-order valence-electron chi connectivity index (χ1n) is 6.91. The molecule has 0 saturated heterocycles. The van der Waals surface area contributed by atoms with E-state index < -0.39 is 0 Å². The summed E-state index contributed by atoms with van der Waals surface area (Å²) < 4.78 is 2.21. The zero-order valence-electron chi connectivity index (χ0n) is 11.9. The summed E-state index contributed by atoms with van der Waals surface area (Å²) in [5.41, 5.74) is 7.97. The molecule has 2 N–H and O–H groups in total. The molecule has 0 saturated carbocycles. The fraction of sp³-hybridized carbons (Fsp3) is 0.467. The quantitative estimate of drug-likeness (QED) is 0.892. The summed E-state index contributed by atoms with van der Waals surface area (Å²) in [7, 11) is 0. The summed E-state index contributed by atoms with van der Waals surface area (Å²) >= 11 is 0. The molecular formula is C15H22N4. The smallest absolute Gasteiger partial charge is 0.132 e. The highest BCUT2D eigenvalue weighted by molar-refractivity contribution is 5.70. The summed E-state index contributed by atoms with van der Waals surface area (Å²) in [5.74, 6) is 1.20. The molecular weight excluding hydrogens is 236 g/mol. The summed E-state index contributed by atoms with van der Waals surface area (Å²) in [5, 5.41) is 0. The minimum Gasteiger partial charge on any atom is -0.383 e. The van der Waals surface area contributed by atoms with Crippen molar-refractivity contribution < 1.29 is 0 Å². The molecule has 2 aromatic heterocycles. The topological polar surface area (TPSA) is 56.7 Å². The molecule has 4 nitrogen and oxygen atoms in total. The predicted octanol–water partition coefficient (Wildman–Crippen LogP) is 3.52. The third kappa shape index (κ3) is 2.62. The maximum Gasteiger partial charge on any atom is 0.132 e. The average molecular weight is 258 g/mol. The maximum atomic E-state index is 5.97. The van der Waals surface area contributed by atoms with Crippen molar-refractivity contribution in [3.8, 4) is 11.3 Å². The van der Waals surface area contributed by atoms with Gasteiger partial charge in [0.15, 0.2) is 0 Å². The first-order chi connectivity index (χ1) is 9.19. The van der Waals surface area contributed by atoms with Gasteiger partial charge in [-0.15, -0.1) is 0 Å². The van der Waals surface area contributed by atoms with E-state index in [9.17, 15) is 0 Å². The van der Waals surface area contributed by atoms with Crippen molar-refractivity contribution in [3.05, 3.63) is 30.9 Å². The van der Waals surface area contributed by atoms with Crippen LogP contribution in [-0.2, 0) is 0 Å². The first kappa shape index (κ1) is 13.6. The molecule has 2 aromatic rings. The van der Waals surface area contributed by atoms with Crippen molar-refractivity contribution in [3.63, 3.8) is 0 Å². The lowest BCUT2D eigenvalue weighted by atomic mass is 9.95. The van der Waals surface area contributed by atoms with Crippen LogP contribution in [0, 0.1) is 5.92 Å². The molecule has 0 radical (unpaired) electrons. The lowest BCUT2D eigenvalue weighted by molar-refractivity contribution is 0.335. The minimum atomic E-state index is 0.409. The van der Waals surface area contributed by atoms with E-state index in [1.807, 2.05) is 24.7 Å². The summed E-state index contributed by atoms with van der Waals surface area (Å²) in [6, 6.07) is 4.31. The lowest BCUT2D eigenvalue weighted by Crippen LogP contribution is -2.16. The molecule has 0 spiro atoms. The van der Waals surface area contributed by atoms with Gasteiger partial charge in [-0.1, -0.05) is 26.7 Å². The molecule has 0 aliphatic carbocycles. The van der Waals surface area contributed by atoms with Crippen molar-refractivity contribution >= 4 is 5.82 Å². The van der Waals surface area contributed by atoms with Gasteiger partial charge in [-0.25, -0.2) is 9.97 Å². The highest BCUT2D eigenvalue weighted by Crippen LogP contribution is 2.31. The number of hydrogen-bond donors (Lipinski definition) is 1. The van der Waals surface area contributed by atoms with Crippen LogP contribution >= 0.6 is 0 Å². The molecule has 0 aliphatic rings. The SMILES string of the molecule is CCC(CC)C(C)n1cncc1-c1cccnc1N. The number of nitrogen functional groups attached to an aromatic ring is 1. The van der Waals surface area contributed by atoms with Crippen LogP contribution < -0.4 is 5.73 Å². The van der Waals surface area contributed by atoms with Crippen LogP contribution in [0.1, 0.15) is 39.7 Å². The Balaban J connectivity index is 2.40. The standard InChI is InChI=1S/C15H22N4/c1-4-12(5-2)11(3)19-10-17-9-14(19)13-7-6-8-18-15(13)16/h6-12H,4-5H2,1-3H3,(H2,16,18). The second-order valence-electron chi connectivity index (χ2n) is 4.94. The van der Waals surface area contributed by atoms with Gasteiger partial charge < -0.3 is 10.3 Å². The highest BCUT2D eigenvalue weighted by Gasteiger charge is 2.19. The lowest BCUT2D eigenvalue weighted by Gasteiger charge is -2.24. The van der Waals surface area contributed by atoms with E-state index in [1.54, 1.807) is 6.20 Å². The van der Waals surface area contributed by atoms with Gasteiger partial charge in [0.25, 0.3) is 0 Å². The summed E-state index contributed by atoms with van der Waals surface area (Å²) in [6.45, 7) is 6.72. The molecule has 1 atom stereocenters. The molecule has 0 bridgehead atoms. The number of aromatic nitrogens is 3. The van der Waals surface area contributed by atoms with Gasteiger partial charge >= 0.3 is 0 Å². The van der Waals surface area contributed by atoms with Crippen LogP contribution in [-0.4, -0.2) is 14.5 Å². The highest BCUT2D eigenvalue weighted by atomic mass is 15.1. The Morgan fingerprint density at radius 2 is 2.05 bits per heavy atom. The van der Waals surface area contributed by atoms with Crippen LogP contribution in [0.5, 0.6) is 0 Å². The summed E-state index contributed by atoms with van der Waals surface area (Å²) in [4.78, 5) is 8.45. The zero-order chi connectivity index (χ0) is 13.8. The third-order valence-corrected chi connectivity index (χ3v) is 3.95. The molecule has 0 fully saturated rings. The summed E-state index contributed by atoms with van der Waals surface area (Å²) in [6.07, 6.45) is 7.80. The number of hydrogen-bond acceptors (Lipinski definition) is 3. The Labute approximate surface area is 114 Å². The number of pyridine rings is 1. The van der Waals surface area contributed by atoms with Gasteiger partial charge in [0, 0.05) is 17.8 Å². The molecule has 4 heteroatoms. The number of nitrogens with zero attached hydrogens (tertiary/aromatic N) is 3. The van der Waals surface area contributed by atoms with E-state index in [0.717, 1.165) is 24.1 Å². The van der Waals surface area contributed by atoms with Crippen molar-refractivity contribution in [2.45, 2.75) is 39.7 Å². The molecule has 0 aromatic carbocycles. The van der Waals surface area contributed by atoms with E-state index in [2.05, 4.69) is 35.3 Å². The molecule has 1 unspecified atom stereocenters. The van der Waals surface area contributed by atoms with E-state index in [0.29, 0.717) is 17.8 Å².